The highest BCUT2D eigenvalue weighted by Crippen LogP contribution is 2.22. The number of aryl methyl sites for hydroxylation is 1. The number of hydrogen-bond acceptors (Lipinski definition) is 1. The monoisotopic (exact) mass is 204 g/mol. The molecule has 0 fully saturated rings. The summed E-state index contributed by atoms with van der Waals surface area (Å²) in [4.78, 5) is 11.4. The van der Waals surface area contributed by atoms with E-state index in [1.165, 1.54) is 24.0 Å². The van der Waals surface area contributed by atoms with Gasteiger partial charge in [0, 0.05) is 5.92 Å². The zero-order valence-electron chi connectivity index (χ0n) is 9.92. The summed E-state index contributed by atoms with van der Waals surface area (Å²) in [5, 5.41) is 0. The molecular weight excluding hydrogens is 184 g/mol. The van der Waals surface area contributed by atoms with Gasteiger partial charge < -0.3 is 0 Å². The van der Waals surface area contributed by atoms with E-state index in [1.54, 1.807) is 6.92 Å². The maximum absolute atomic E-state index is 11.4. The zero-order valence-corrected chi connectivity index (χ0v) is 9.92. The number of carbonyl (C=O) groups excluding carboxylic acids is 1. The third-order valence-corrected chi connectivity index (χ3v) is 2.93. The first-order valence-electron chi connectivity index (χ1n) is 5.75. The molecule has 1 aromatic rings. The van der Waals surface area contributed by atoms with Gasteiger partial charge in [0.1, 0.15) is 5.78 Å². The molecule has 0 radical (unpaired) electrons. The van der Waals surface area contributed by atoms with E-state index in [9.17, 15) is 4.79 Å². The van der Waals surface area contributed by atoms with Crippen molar-refractivity contribution in [3.05, 3.63) is 35.4 Å². The predicted octanol–water partition coefficient (Wildman–Crippen LogP) is 3.72. The van der Waals surface area contributed by atoms with Crippen molar-refractivity contribution in [3.63, 3.8) is 0 Å². The molecule has 1 heteroatoms. The molecule has 0 aromatic heterocycles. The minimum absolute atomic E-state index is 0.0399. The summed E-state index contributed by atoms with van der Waals surface area (Å²) in [6.07, 6.45) is 3.48. The van der Waals surface area contributed by atoms with Crippen molar-refractivity contribution < 1.29 is 4.79 Å². The summed E-state index contributed by atoms with van der Waals surface area (Å²) >= 11 is 0. The van der Waals surface area contributed by atoms with E-state index in [4.69, 9.17) is 0 Å². The molecular formula is C14H20O. The van der Waals surface area contributed by atoms with Gasteiger partial charge in [-0.25, -0.2) is 0 Å². The molecule has 0 bridgehead atoms. The molecule has 1 rings (SSSR count). The Morgan fingerprint density at radius 3 is 2.60 bits per heavy atom. The number of hydrogen-bond donors (Lipinski definition) is 0. The van der Waals surface area contributed by atoms with Crippen molar-refractivity contribution in [1.29, 1.82) is 0 Å². The van der Waals surface area contributed by atoms with Crippen LogP contribution in [0, 0.1) is 0 Å². The Labute approximate surface area is 92.5 Å². The fraction of sp³-hybridized carbons (Fsp3) is 0.500. The maximum Gasteiger partial charge on any atom is 0.136 e. The van der Waals surface area contributed by atoms with Crippen LogP contribution in [0.2, 0.25) is 0 Å². The molecule has 0 aliphatic heterocycles. The van der Waals surface area contributed by atoms with Gasteiger partial charge >= 0.3 is 0 Å². The Morgan fingerprint density at radius 1 is 1.33 bits per heavy atom. The number of carbonyl (C=O) groups is 1. The van der Waals surface area contributed by atoms with E-state index < -0.39 is 0 Å². The van der Waals surface area contributed by atoms with Crippen LogP contribution in [-0.4, -0.2) is 5.78 Å². The fourth-order valence-electron chi connectivity index (χ4n) is 1.77. The van der Waals surface area contributed by atoms with Gasteiger partial charge in [-0.05, 0) is 30.9 Å². The largest absolute Gasteiger partial charge is 0.299 e. The van der Waals surface area contributed by atoms with Crippen LogP contribution < -0.4 is 0 Å². The van der Waals surface area contributed by atoms with Gasteiger partial charge in [0.25, 0.3) is 0 Å². The zero-order chi connectivity index (χ0) is 11.3. The van der Waals surface area contributed by atoms with Gasteiger partial charge in [0.2, 0.25) is 0 Å². The standard InChI is InChI=1S/C14H20O/c1-4-5-8-13-9-6-7-10-14(13)11(2)12(3)15/h6-7,9-11H,4-5,8H2,1-3H3. The van der Waals surface area contributed by atoms with E-state index >= 15 is 0 Å². The van der Waals surface area contributed by atoms with Crippen molar-refractivity contribution in [3.8, 4) is 0 Å². The number of rotatable bonds is 5. The molecule has 0 amide bonds. The van der Waals surface area contributed by atoms with Crippen molar-refractivity contribution in [2.75, 3.05) is 0 Å². The summed E-state index contributed by atoms with van der Waals surface area (Å²) in [6.45, 7) is 5.85. The van der Waals surface area contributed by atoms with Gasteiger partial charge in [0.05, 0.1) is 0 Å². The molecule has 1 nitrogen and oxygen atoms in total. The first-order valence-corrected chi connectivity index (χ1v) is 5.75. The molecule has 0 saturated heterocycles. The van der Waals surface area contributed by atoms with Crippen molar-refractivity contribution in [2.24, 2.45) is 0 Å². The average Bonchev–Trinajstić information content (AvgIpc) is 2.25. The Morgan fingerprint density at radius 2 is 2.00 bits per heavy atom. The lowest BCUT2D eigenvalue weighted by atomic mass is 9.91. The minimum atomic E-state index is 0.0399. The summed E-state index contributed by atoms with van der Waals surface area (Å²) in [5.74, 6) is 0.289. The summed E-state index contributed by atoms with van der Waals surface area (Å²) in [7, 11) is 0. The Kier molecular flexibility index (Phi) is 4.54. The quantitative estimate of drug-likeness (QED) is 0.714. The van der Waals surface area contributed by atoms with Gasteiger partial charge in [-0.2, -0.15) is 0 Å². The number of ketones is 1. The van der Waals surface area contributed by atoms with E-state index in [1.807, 2.05) is 13.0 Å². The molecule has 1 unspecified atom stereocenters. The first-order chi connectivity index (χ1) is 7.16. The third kappa shape index (κ3) is 3.19. The van der Waals surface area contributed by atoms with Crippen LogP contribution in [0.5, 0.6) is 0 Å². The molecule has 0 N–H and O–H groups in total. The highest BCUT2D eigenvalue weighted by atomic mass is 16.1. The Balaban J connectivity index is 2.90. The maximum atomic E-state index is 11.4. The molecule has 0 spiro atoms. The van der Waals surface area contributed by atoms with E-state index in [0.717, 1.165) is 6.42 Å². The lowest BCUT2D eigenvalue weighted by Gasteiger charge is -2.13. The molecule has 1 aromatic carbocycles. The molecule has 15 heavy (non-hydrogen) atoms. The lowest BCUT2D eigenvalue weighted by Crippen LogP contribution is -2.07. The van der Waals surface area contributed by atoms with E-state index in [2.05, 4.69) is 25.1 Å². The lowest BCUT2D eigenvalue weighted by molar-refractivity contribution is -0.118. The second-order valence-electron chi connectivity index (χ2n) is 4.13. The van der Waals surface area contributed by atoms with Crippen molar-refractivity contribution >= 4 is 5.78 Å². The van der Waals surface area contributed by atoms with Crippen LogP contribution >= 0.6 is 0 Å². The molecule has 0 saturated carbocycles. The highest BCUT2D eigenvalue weighted by molar-refractivity contribution is 5.83. The minimum Gasteiger partial charge on any atom is -0.299 e. The predicted molar refractivity (Wildman–Crippen MR) is 64.2 cm³/mol. The van der Waals surface area contributed by atoms with Crippen molar-refractivity contribution in [2.45, 2.75) is 46.0 Å². The van der Waals surface area contributed by atoms with E-state index in [-0.39, 0.29) is 11.7 Å². The first kappa shape index (κ1) is 12.0. The Hall–Kier alpha value is -1.11. The van der Waals surface area contributed by atoms with Gasteiger partial charge in [-0.3, -0.25) is 4.79 Å². The molecule has 82 valence electrons. The van der Waals surface area contributed by atoms with Gasteiger partial charge in [-0.1, -0.05) is 44.5 Å². The number of unbranched alkanes of at least 4 members (excludes halogenated alkanes) is 1. The van der Waals surface area contributed by atoms with E-state index in [0.29, 0.717) is 0 Å². The SMILES string of the molecule is CCCCc1ccccc1C(C)C(C)=O. The fourth-order valence-corrected chi connectivity index (χ4v) is 1.77. The highest BCUT2D eigenvalue weighted by Gasteiger charge is 2.13. The third-order valence-electron chi connectivity index (χ3n) is 2.93. The topological polar surface area (TPSA) is 17.1 Å². The van der Waals surface area contributed by atoms with Crippen LogP contribution in [0.15, 0.2) is 24.3 Å². The normalized spacial score (nSPS) is 12.5. The molecule has 0 aliphatic carbocycles. The summed E-state index contributed by atoms with van der Waals surface area (Å²) in [5.41, 5.74) is 2.54. The second kappa shape index (κ2) is 5.69. The summed E-state index contributed by atoms with van der Waals surface area (Å²) < 4.78 is 0. The van der Waals surface area contributed by atoms with Crippen LogP contribution in [-0.2, 0) is 11.2 Å². The van der Waals surface area contributed by atoms with Crippen molar-refractivity contribution in [1.82, 2.24) is 0 Å². The number of benzene rings is 1. The smallest absolute Gasteiger partial charge is 0.136 e. The van der Waals surface area contributed by atoms with Gasteiger partial charge in [0.15, 0.2) is 0 Å². The Bertz CT molecular complexity index is 328. The second-order valence-corrected chi connectivity index (χ2v) is 4.13. The van der Waals surface area contributed by atoms with Crippen LogP contribution in [0.4, 0.5) is 0 Å². The summed E-state index contributed by atoms with van der Waals surface area (Å²) in [6, 6.07) is 8.30. The molecule has 0 aliphatic rings. The van der Waals surface area contributed by atoms with Gasteiger partial charge in [-0.15, -0.1) is 0 Å². The van der Waals surface area contributed by atoms with Crippen LogP contribution in [0.1, 0.15) is 50.7 Å². The van der Waals surface area contributed by atoms with Crippen LogP contribution in [0.25, 0.3) is 0 Å². The number of Topliss-reactive ketones (excluding diaryl/α,β-unsaturated/α-hetero) is 1. The molecule has 1 atom stereocenters. The molecule has 0 heterocycles. The average molecular weight is 204 g/mol. The van der Waals surface area contributed by atoms with Crippen LogP contribution in [0.3, 0.4) is 0 Å².